The third kappa shape index (κ3) is 2.44. The number of hydrogen-bond acceptors (Lipinski definition) is 2. The minimum atomic E-state index is 0.0370. The predicted octanol–water partition coefficient (Wildman–Crippen LogP) is 0.723. The molecule has 0 aromatic rings. The van der Waals surface area contributed by atoms with E-state index in [2.05, 4.69) is 0 Å². The lowest BCUT2D eigenvalue weighted by molar-refractivity contribution is -0.120. The zero-order valence-corrected chi connectivity index (χ0v) is 8.25. The van der Waals surface area contributed by atoms with Crippen LogP contribution in [-0.2, 0) is 4.79 Å². The second-order valence-corrected chi connectivity index (χ2v) is 3.32. The van der Waals surface area contributed by atoms with Gasteiger partial charge in [0.2, 0.25) is 0 Å². The highest BCUT2D eigenvalue weighted by Gasteiger charge is 2.22. The van der Waals surface area contributed by atoms with Crippen molar-refractivity contribution in [3.05, 3.63) is 0 Å². The van der Waals surface area contributed by atoms with E-state index in [0.717, 1.165) is 0 Å². The molecule has 4 nitrogen and oxygen atoms in total. The summed E-state index contributed by atoms with van der Waals surface area (Å²) in [6.07, 6.45) is 1.03. The summed E-state index contributed by atoms with van der Waals surface area (Å²) in [7, 11) is 1.78. The topological polar surface area (TPSA) is 40.6 Å². The molecule has 74 valence electrons. The van der Waals surface area contributed by atoms with E-state index in [-0.39, 0.29) is 11.8 Å². The van der Waals surface area contributed by atoms with Gasteiger partial charge in [0.15, 0.2) is 0 Å². The molecule has 1 aliphatic rings. The Hall–Kier alpha value is -1.06. The van der Waals surface area contributed by atoms with Crippen LogP contribution in [0.4, 0.5) is 4.79 Å². The molecule has 0 N–H and O–H groups in total. The Morgan fingerprint density at radius 3 is 2.46 bits per heavy atom. The van der Waals surface area contributed by atoms with E-state index in [9.17, 15) is 9.59 Å². The highest BCUT2D eigenvalue weighted by molar-refractivity contribution is 5.82. The van der Waals surface area contributed by atoms with Gasteiger partial charge < -0.3 is 9.80 Å². The number of ketones is 1. The molecule has 1 heterocycles. The fourth-order valence-electron chi connectivity index (χ4n) is 1.32. The fraction of sp³-hybridized carbons (Fsp3) is 0.778. The number of piperidine rings is 1. The molecule has 0 spiro atoms. The van der Waals surface area contributed by atoms with Crippen LogP contribution in [0.3, 0.4) is 0 Å². The molecule has 0 radical (unpaired) electrons. The average Bonchev–Trinajstić information content (AvgIpc) is 2.17. The van der Waals surface area contributed by atoms with E-state index in [0.29, 0.717) is 32.5 Å². The molecule has 0 unspecified atom stereocenters. The third-order valence-electron chi connectivity index (χ3n) is 2.39. The Kier molecular flexibility index (Phi) is 3.28. The van der Waals surface area contributed by atoms with E-state index >= 15 is 0 Å². The lowest BCUT2D eigenvalue weighted by Gasteiger charge is -2.29. The van der Waals surface area contributed by atoms with E-state index < -0.39 is 0 Å². The number of nitrogens with zero attached hydrogens (tertiary/aromatic N) is 2. The number of likely N-dealkylation sites (tertiary alicyclic amines) is 1. The minimum absolute atomic E-state index is 0.0370. The number of carbonyl (C=O) groups excluding carboxylic acids is 2. The van der Waals surface area contributed by atoms with Crippen LogP contribution in [0.15, 0.2) is 0 Å². The van der Waals surface area contributed by atoms with Crippen molar-refractivity contribution in [3.63, 3.8) is 0 Å². The van der Waals surface area contributed by atoms with Gasteiger partial charge in [-0.15, -0.1) is 0 Å². The molecule has 1 saturated heterocycles. The molecule has 0 aromatic heterocycles. The first kappa shape index (κ1) is 10.0. The van der Waals surface area contributed by atoms with E-state index in [1.165, 1.54) is 0 Å². The molecular weight excluding hydrogens is 168 g/mol. The summed E-state index contributed by atoms with van der Waals surface area (Å²) in [5.41, 5.74) is 0. The van der Waals surface area contributed by atoms with Gasteiger partial charge in [-0.3, -0.25) is 4.79 Å². The lowest BCUT2D eigenvalue weighted by Crippen LogP contribution is -2.45. The van der Waals surface area contributed by atoms with Crippen molar-refractivity contribution in [2.45, 2.75) is 19.8 Å². The van der Waals surface area contributed by atoms with Crippen molar-refractivity contribution in [1.82, 2.24) is 9.80 Å². The fourth-order valence-corrected chi connectivity index (χ4v) is 1.32. The smallest absolute Gasteiger partial charge is 0.319 e. The van der Waals surface area contributed by atoms with Crippen molar-refractivity contribution < 1.29 is 9.59 Å². The van der Waals surface area contributed by atoms with Gasteiger partial charge in [-0.1, -0.05) is 0 Å². The first-order valence-corrected chi connectivity index (χ1v) is 4.67. The number of hydrogen-bond donors (Lipinski definition) is 0. The normalized spacial score (nSPS) is 17.4. The number of Topliss-reactive ketones (excluding diaryl/α,β-unsaturated/α-hetero) is 1. The molecule has 1 rings (SSSR count). The van der Waals surface area contributed by atoms with Crippen LogP contribution in [0.25, 0.3) is 0 Å². The number of amides is 2. The second-order valence-electron chi connectivity index (χ2n) is 3.32. The third-order valence-corrected chi connectivity index (χ3v) is 2.39. The Morgan fingerprint density at radius 1 is 1.46 bits per heavy atom. The van der Waals surface area contributed by atoms with Crippen LogP contribution in [0, 0.1) is 0 Å². The van der Waals surface area contributed by atoms with Crippen LogP contribution in [-0.4, -0.2) is 48.3 Å². The monoisotopic (exact) mass is 184 g/mol. The summed E-state index contributed by atoms with van der Waals surface area (Å²) < 4.78 is 0. The Morgan fingerprint density at radius 2 is 2.00 bits per heavy atom. The van der Waals surface area contributed by atoms with Crippen LogP contribution in [0.1, 0.15) is 19.8 Å². The van der Waals surface area contributed by atoms with Crippen LogP contribution in [0.5, 0.6) is 0 Å². The van der Waals surface area contributed by atoms with E-state index in [1.54, 1.807) is 16.8 Å². The average molecular weight is 184 g/mol. The zero-order chi connectivity index (χ0) is 9.84. The summed E-state index contributed by atoms with van der Waals surface area (Å²) in [6, 6.07) is 0.0370. The van der Waals surface area contributed by atoms with Gasteiger partial charge in [0.25, 0.3) is 0 Å². The van der Waals surface area contributed by atoms with Crippen molar-refractivity contribution in [2.75, 3.05) is 26.7 Å². The maximum atomic E-state index is 11.6. The molecule has 4 heteroatoms. The summed E-state index contributed by atoms with van der Waals surface area (Å²) in [5, 5.41) is 0. The summed E-state index contributed by atoms with van der Waals surface area (Å²) >= 11 is 0. The van der Waals surface area contributed by atoms with Crippen molar-refractivity contribution in [1.29, 1.82) is 0 Å². The minimum Gasteiger partial charge on any atom is -0.328 e. The van der Waals surface area contributed by atoms with Crippen LogP contribution in [0.2, 0.25) is 0 Å². The highest BCUT2D eigenvalue weighted by atomic mass is 16.2. The largest absolute Gasteiger partial charge is 0.328 e. The second kappa shape index (κ2) is 4.25. The molecule has 0 bridgehead atoms. The summed E-state index contributed by atoms with van der Waals surface area (Å²) in [6.45, 7) is 3.82. The molecule has 0 atom stereocenters. The van der Waals surface area contributed by atoms with Crippen LogP contribution < -0.4 is 0 Å². The zero-order valence-electron chi connectivity index (χ0n) is 8.25. The van der Waals surface area contributed by atoms with Gasteiger partial charge in [0, 0.05) is 39.5 Å². The molecule has 0 saturated carbocycles. The maximum Gasteiger partial charge on any atom is 0.319 e. The quantitative estimate of drug-likeness (QED) is 0.602. The van der Waals surface area contributed by atoms with Crippen molar-refractivity contribution in [3.8, 4) is 0 Å². The molecule has 2 amide bonds. The molecule has 13 heavy (non-hydrogen) atoms. The van der Waals surface area contributed by atoms with Crippen molar-refractivity contribution >= 4 is 11.8 Å². The Labute approximate surface area is 78.5 Å². The highest BCUT2D eigenvalue weighted by Crippen LogP contribution is 2.07. The first-order chi connectivity index (χ1) is 6.15. The maximum absolute atomic E-state index is 11.6. The molecule has 0 aliphatic carbocycles. The SMILES string of the molecule is CCN(C)C(=O)N1CCC(=O)CC1. The predicted molar refractivity (Wildman–Crippen MR) is 49.5 cm³/mol. The first-order valence-electron chi connectivity index (χ1n) is 4.67. The Balaban J connectivity index is 2.44. The standard InChI is InChI=1S/C9H16N2O2/c1-3-10(2)9(13)11-6-4-8(12)5-7-11/h3-7H2,1-2H3. The van der Waals surface area contributed by atoms with Gasteiger partial charge in [-0.25, -0.2) is 4.79 Å². The molecule has 0 aromatic carbocycles. The molecule has 1 fully saturated rings. The molecule has 1 aliphatic heterocycles. The lowest BCUT2D eigenvalue weighted by atomic mass is 10.1. The number of carbonyl (C=O) groups is 2. The number of urea groups is 1. The van der Waals surface area contributed by atoms with Gasteiger partial charge in [-0.05, 0) is 6.92 Å². The summed E-state index contributed by atoms with van der Waals surface area (Å²) in [4.78, 5) is 25.9. The molecular formula is C9H16N2O2. The van der Waals surface area contributed by atoms with Gasteiger partial charge >= 0.3 is 6.03 Å². The van der Waals surface area contributed by atoms with Crippen molar-refractivity contribution in [2.24, 2.45) is 0 Å². The van der Waals surface area contributed by atoms with Gasteiger partial charge in [0.1, 0.15) is 5.78 Å². The van der Waals surface area contributed by atoms with Gasteiger partial charge in [0.05, 0.1) is 0 Å². The van der Waals surface area contributed by atoms with Crippen LogP contribution >= 0.6 is 0 Å². The van der Waals surface area contributed by atoms with Gasteiger partial charge in [-0.2, -0.15) is 0 Å². The van der Waals surface area contributed by atoms with E-state index in [4.69, 9.17) is 0 Å². The summed E-state index contributed by atoms with van der Waals surface area (Å²) in [5.74, 6) is 0.267. The Bertz CT molecular complexity index is 206. The van der Waals surface area contributed by atoms with E-state index in [1.807, 2.05) is 6.92 Å². The number of rotatable bonds is 1.